The first-order valence-corrected chi connectivity index (χ1v) is 9.15. The number of anilines is 1. The number of hydrogen-bond donors (Lipinski definition) is 2. The van der Waals surface area contributed by atoms with Crippen molar-refractivity contribution in [1.82, 2.24) is 5.32 Å². The Morgan fingerprint density at radius 3 is 2.75 bits per heavy atom. The lowest BCUT2D eigenvalue weighted by molar-refractivity contribution is -0.125. The minimum absolute atomic E-state index is 0.105. The summed E-state index contributed by atoms with van der Waals surface area (Å²) in [5.41, 5.74) is 1.75. The highest BCUT2D eigenvalue weighted by Gasteiger charge is 2.19. The molecule has 1 aliphatic rings. The van der Waals surface area contributed by atoms with Crippen LogP contribution in [0.1, 0.15) is 41.7 Å². The molecular formula is C21H22N2O5. The van der Waals surface area contributed by atoms with Crippen LogP contribution in [0.15, 0.2) is 48.5 Å². The largest absolute Gasteiger partial charge is 0.482 e. The zero-order valence-corrected chi connectivity index (χ0v) is 15.6. The molecule has 1 aliphatic heterocycles. The number of benzene rings is 2. The van der Waals surface area contributed by atoms with Crippen molar-refractivity contribution in [3.63, 3.8) is 0 Å². The van der Waals surface area contributed by atoms with Gasteiger partial charge >= 0.3 is 5.97 Å². The Morgan fingerprint density at radius 1 is 1.21 bits per heavy atom. The topological polar surface area (TPSA) is 93.7 Å². The van der Waals surface area contributed by atoms with Crippen molar-refractivity contribution >= 4 is 23.5 Å². The third-order valence-corrected chi connectivity index (χ3v) is 4.30. The van der Waals surface area contributed by atoms with E-state index in [2.05, 4.69) is 10.6 Å². The number of hydrogen-bond acceptors (Lipinski definition) is 5. The normalized spacial score (nSPS) is 13.5. The molecule has 28 heavy (non-hydrogen) atoms. The van der Waals surface area contributed by atoms with E-state index in [1.165, 1.54) is 12.1 Å². The van der Waals surface area contributed by atoms with Crippen molar-refractivity contribution in [1.29, 1.82) is 0 Å². The monoisotopic (exact) mass is 382 g/mol. The summed E-state index contributed by atoms with van der Waals surface area (Å²) in [4.78, 5) is 35.8. The SMILES string of the molecule is CCCC(NC(=O)COC(=O)c1ccc2c(c1)OCC(=O)N2)c1ccccc1. The lowest BCUT2D eigenvalue weighted by atomic mass is 10.0. The molecule has 1 heterocycles. The van der Waals surface area contributed by atoms with Gasteiger partial charge in [-0.05, 0) is 30.2 Å². The van der Waals surface area contributed by atoms with E-state index in [4.69, 9.17) is 9.47 Å². The van der Waals surface area contributed by atoms with Crippen LogP contribution in [0.4, 0.5) is 5.69 Å². The summed E-state index contributed by atoms with van der Waals surface area (Å²) in [5, 5.41) is 5.55. The Morgan fingerprint density at radius 2 is 2.00 bits per heavy atom. The smallest absolute Gasteiger partial charge is 0.338 e. The maximum absolute atomic E-state index is 12.2. The second-order valence-corrected chi connectivity index (χ2v) is 6.44. The van der Waals surface area contributed by atoms with Gasteiger partial charge in [0.15, 0.2) is 13.2 Å². The van der Waals surface area contributed by atoms with Gasteiger partial charge in [-0.3, -0.25) is 9.59 Å². The molecule has 0 fully saturated rings. The zero-order chi connectivity index (χ0) is 19.9. The molecule has 0 bridgehead atoms. The number of ether oxygens (including phenoxy) is 2. The van der Waals surface area contributed by atoms with Gasteiger partial charge in [-0.2, -0.15) is 0 Å². The van der Waals surface area contributed by atoms with Crippen LogP contribution in [0.3, 0.4) is 0 Å². The van der Waals surface area contributed by atoms with Gasteiger partial charge in [0.2, 0.25) is 0 Å². The molecule has 0 radical (unpaired) electrons. The van der Waals surface area contributed by atoms with E-state index in [-0.39, 0.29) is 36.6 Å². The number of esters is 1. The van der Waals surface area contributed by atoms with Crippen LogP contribution in [0.25, 0.3) is 0 Å². The molecule has 2 amide bonds. The molecule has 0 aromatic heterocycles. The van der Waals surface area contributed by atoms with Crippen molar-refractivity contribution in [2.75, 3.05) is 18.5 Å². The molecule has 1 unspecified atom stereocenters. The number of carbonyl (C=O) groups is 3. The van der Waals surface area contributed by atoms with Crippen LogP contribution < -0.4 is 15.4 Å². The van der Waals surface area contributed by atoms with Gasteiger partial charge in [0.25, 0.3) is 11.8 Å². The Bertz CT molecular complexity index is 866. The Balaban J connectivity index is 1.56. The van der Waals surface area contributed by atoms with Crippen LogP contribution in [-0.2, 0) is 14.3 Å². The van der Waals surface area contributed by atoms with E-state index in [9.17, 15) is 14.4 Å². The van der Waals surface area contributed by atoms with Gasteiger partial charge in [0.05, 0.1) is 17.3 Å². The zero-order valence-electron chi connectivity index (χ0n) is 15.6. The van der Waals surface area contributed by atoms with Crippen LogP contribution in [-0.4, -0.2) is 31.0 Å². The number of fused-ring (bicyclic) bond motifs is 1. The van der Waals surface area contributed by atoms with E-state index >= 15 is 0 Å². The minimum Gasteiger partial charge on any atom is -0.482 e. The molecule has 3 rings (SSSR count). The van der Waals surface area contributed by atoms with Crippen LogP contribution >= 0.6 is 0 Å². The standard InChI is InChI=1S/C21H22N2O5/c1-2-6-16(14-7-4-3-5-8-14)22-20(25)13-28-21(26)15-9-10-17-18(11-15)27-12-19(24)23-17/h3-5,7-11,16H,2,6,12-13H2,1H3,(H,22,25)(H,23,24). The average Bonchev–Trinajstić information content (AvgIpc) is 2.72. The first-order valence-electron chi connectivity index (χ1n) is 9.15. The molecule has 2 N–H and O–H groups in total. The first kappa shape index (κ1) is 19.4. The van der Waals surface area contributed by atoms with E-state index in [0.29, 0.717) is 11.4 Å². The molecule has 0 saturated carbocycles. The molecule has 2 aromatic carbocycles. The highest BCUT2D eigenvalue weighted by molar-refractivity contribution is 5.97. The molecule has 146 valence electrons. The summed E-state index contributed by atoms with van der Waals surface area (Å²) in [6, 6.07) is 14.1. The molecular weight excluding hydrogens is 360 g/mol. The van der Waals surface area contributed by atoms with Gasteiger partial charge in [0, 0.05) is 0 Å². The van der Waals surface area contributed by atoms with Crippen molar-refractivity contribution in [2.45, 2.75) is 25.8 Å². The van der Waals surface area contributed by atoms with E-state index in [0.717, 1.165) is 18.4 Å². The van der Waals surface area contributed by atoms with E-state index in [1.54, 1.807) is 6.07 Å². The fourth-order valence-electron chi connectivity index (χ4n) is 2.95. The molecule has 1 atom stereocenters. The molecule has 7 nitrogen and oxygen atoms in total. The minimum atomic E-state index is -0.634. The Hall–Kier alpha value is -3.35. The molecule has 0 aliphatic carbocycles. The molecule has 0 spiro atoms. The van der Waals surface area contributed by atoms with Crippen LogP contribution in [0.2, 0.25) is 0 Å². The summed E-state index contributed by atoms with van der Waals surface area (Å²) >= 11 is 0. The number of nitrogens with one attached hydrogen (secondary N) is 2. The number of carbonyl (C=O) groups excluding carboxylic acids is 3. The summed E-state index contributed by atoms with van der Waals surface area (Å²) in [7, 11) is 0. The maximum Gasteiger partial charge on any atom is 0.338 e. The maximum atomic E-state index is 12.2. The van der Waals surface area contributed by atoms with Gasteiger partial charge in [-0.25, -0.2) is 4.79 Å². The van der Waals surface area contributed by atoms with Gasteiger partial charge in [-0.15, -0.1) is 0 Å². The van der Waals surface area contributed by atoms with Gasteiger partial charge in [-0.1, -0.05) is 43.7 Å². The summed E-state index contributed by atoms with van der Waals surface area (Å²) in [5.74, 6) is -0.854. The molecule has 7 heteroatoms. The lowest BCUT2D eigenvalue weighted by Crippen LogP contribution is -2.32. The van der Waals surface area contributed by atoms with E-state index in [1.807, 2.05) is 37.3 Å². The lowest BCUT2D eigenvalue weighted by Gasteiger charge is -2.19. The first-order chi connectivity index (χ1) is 13.6. The number of amides is 2. The van der Waals surface area contributed by atoms with Crippen molar-refractivity contribution in [3.05, 3.63) is 59.7 Å². The quantitative estimate of drug-likeness (QED) is 0.718. The fourth-order valence-corrected chi connectivity index (χ4v) is 2.95. The third-order valence-electron chi connectivity index (χ3n) is 4.30. The Labute approximate surface area is 163 Å². The highest BCUT2D eigenvalue weighted by atomic mass is 16.5. The predicted octanol–water partition coefficient (Wildman–Crippen LogP) is 2.83. The number of rotatable bonds is 7. The Kier molecular flexibility index (Phi) is 6.26. The summed E-state index contributed by atoms with van der Waals surface area (Å²) < 4.78 is 10.4. The van der Waals surface area contributed by atoms with Gasteiger partial charge in [0.1, 0.15) is 5.75 Å². The predicted molar refractivity (Wildman–Crippen MR) is 103 cm³/mol. The second-order valence-electron chi connectivity index (χ2n) is 6.44. The summed E-state index contributed by atoms with van der Waals surface area (Å²) in [6.45, 7) is 1.56. The van der Waals surface area contributed by atoms with Crippen molar-refractivity contribution in [2.24, 2.45) is 0 Å². The fraction of sp³-hybridized carbons (Fsp3) is 0.286. The van der Waals surface area contributed by atoms with Crippen molar-refractivity contribution in [3.8, 4) is 5.75 Å². The van der Waals surface area contributed by atoms with Crippen LogP contribution in [0.5, 0.6) is 5.75 Å². The van der Waals surface area contributed by atoms with E-state index < -0.39 is 5.97 Å². The van der Waals surface area contributed by atoms with Gasteiger partial charge < -0.3 is 20.1 Å². The highest BCUT2D eigenvalue weighted by Crippen LogP contribution is 2.28. The van der Waals surface area contributed by atoms with Crippen LogP contribution in [0, 0.1) is 0 Å². The molecule has 0 saturated heterocycles. The second kappa shape index (κ2) is 9.03. The third kappa shape index (κ3) is 4.88. The summed E-state index contributed by atoms with van der Waals surface area (Å²) in [6.07, 6.45) is 1.70. The van der Waals surface area contributed by atoms with Crippen molar-refractivity contribution < 1.29 is 23.9 Å². The average molecular weight is 382 g/mol. The molecule has 2 aromatic rings.